The van der Waals surface area contributed by atoms with E-state index in [-0.39, 0.29) is 37.1 Å². The SMILES string of the molecule is C/C=C1\NC(=O)[C@@H](NC(=O)[C@@H](NC(=O)[C@H](C)NC(C)=O)C(C)C)[C@@H](C)OC(=O)C(C(C)C)NC(=O)[C@H](Cc2ccc(O)cc2)N(C)C(=O)C(Cc2ccccc2)N2C(=O)[C@H](CC[C@H]2O)NC1=O. The number of fused-ring (bicyclic) bond motifs is 2. The maximum absolute atomic E-state index is 14.9. The zero-order chi connectivity index (χ0) is 49.9. The minimum Gasteiger partial charge on any atom is -0.508 e. The molecule has 2 aromatic rings. The molecule has 0 radical (unpaired) electrons. The first-order valence-electron chi connectivity index (χ1n) is 22.3. The lowest BCUT2D eigenvalue weighted by atomic mass is 9.95. The zero-order valence-electron chi connectivity index (χ0n) is 39.3. The van der Waals surface area contributed by atoms with Crippen LogP contribution in [0.15, 0.2) is 66.4 Å². The van der Waals surface area contributed by atoms with E-state index in [0.717, 1.165) is 9.80 Å². The second-order valence-corrected chi connectivity index (χ2v) is 17.6. The maximum atomic E-state index is 14.9. The molecular formula is C47H64N8O12. The molecule has 364 valence electrons. The summed E-state index contributed by atoms with van der Waals surface area (Å²) in [6.07, 6.45) is -2.16. The molecule has 2 bridgehead atoms. The van der Waals surface area contributed by atoms with Gasteiger partial charge in [0.1, 0.15) is 66.1 Å². The number of phenols is 1. The van der Waals surface area contributed by atoms with Crippen LogP contribution in [0.2, 0.25) is 0 Å². The van der Waals surface area contributed by atoms with Crippen LogP contribution in [-0.4, -0.2) is 135 Å². The van der Waals surface area contributed by atoms with Crippen molar-refractivity contribution in [3.8, 4) is 5.75 Å². The highest BCUT2D eigenvalue weighted by Crippen LogP contribution is 2.25. The van der Waals surface area contributed by atoms with Gasteiger partial charge < -0.3 is 56.7 Å². The van der Waals surface area contributed by atoms with Crippen LogP contribution in [0.25, 0.3) is 0 Å². The summed E-state index contributed by atoms with van der Waals surface area (Å²) >= 11 is 0. The fourth-order valence-corrected chi connectivity index (χ4v) is 7.79. The van der Waals surface area contributed by atoms with Crippen LogP contribution in [0, 0.1) is 11.8 Å². The van der Waals surface area contributed by atoms with Crippen molar-refractivity contribution in [3.63, 3.8) is 0 Å². The Labute approximate surface area is 390 Å². The molecule has 0 spiro atoms. The molecule has 0 aromatic heterocycles. The van der Waals surface area contributed by atoms with E-state index in [1.165, 1.54) is 53.0 Å². The lowest BCUT2D eigenvalue weighted by Gasteiger charge is -2.43. The van der Waals surface area contributed by atoms with Gasteiger partial charge in [0, 0.05) is 26.8 Å². The third-order valence-electron chi connectivity index (χ3n) is 11.7. The first kappa shape index (κ1) is 52.8. The van der Waals surface area contributed by atoms with Crippen LogP contribution in [0.3, 0.4) is 0 Å². The zero-order valence-corrected chi connectivity index (χ0v) is 39.3. The summed E-state index contributed by atoms with van der Waals surface area (Å²) in [5.74, 6) is -8.78. The van der Waals surface area contributed by atoms with E-state index in [4.69, 9.17) is 4.74 Å². The van der Waals surface area contributed by atoms with Gasteiger partial charge in [0.25, 0.3) is 11.8 Å². The van der Waals surface area contributed by atoms with Crippen LogP contribution in [0.1, 0.15) is 79.4 Å². The van der Waals surface area contributed by atoms with Gasteiger partial charge >= 0.3 is 5.97 Å². The van der Waals surface area contributed by atoms with Crippen molar-refractivity contribution in [1.82, 2.24) is 41.7 Å². The minimum absolute atomic E-state index is 0.0530. The number of carbonyl (C=O) groups is 9. The minimum atomic E-state index is -1.75. The van der Waals surface area contributed by atoms with Crippen LogP contribution in [-0.2, 0) is 60.7 Å². The number of likely N-dealkylation sites (N-methyl/N-ethyl adjacent to an activating group) is 1. The molecule has 2 aliphatic heterocycles. The van der Waals surface area contributed by atoms with Gasteiger partial charge in [0.05, 0.1) is 0 Å². The number of ether oxygens (including phenoxy) is 1. The highest BCUT2D eigenvalue weighted by Gasteiger charge is 2.45. The normalized spacial score (nSPS) is 25.1. The Morgan fingerprint density at radius 2 is 1.43 bits per heavy atom. The van der Waals surface area contributed by atoms with Gasteiger partial charge in [-0.2, -0.15) is 0 Å². The topological polar surface area (TPSA) is 282 Å². The Morgan fingerprint density at radius 3 is 2.01 bits per heavy atom. The van der Waals surface area contributed by atoms with E-state index in [0.29, 0.717) is 11.1 Å². The fraction of sp³-hybridized carbons (Fsp3) is 0.511. The first-order valence-corrected chi connectivity index (χ1v) is 22.3. The molecule has 2 saturated heterocycles. The average Bonchev–Trinajstić information content (AvgIpc) is 3.27. The van der Waals surface area contributed by atoms with Gasteiger partial charge in [-0.15, -0.1) is 0 Å². The molecule has 2 unspecified atom stereocenters. The second-order valence-electron chi connectivity index (χ2n) is 17.6. The molecule has 2 aromatic carbocycles. The smallest absolute Gasteiger partial charge is 0.329 e. The van der Waals surface area contributed by atoms with E-state index >= 15 is 0 Å². The predicted octanol–water partition coefficient (Wildman–Crippen LogP) is 0.0549. The average molecular weight is 933 g/mol. The number of aliphatic hydroxyl groups is 1. The van der Waals surface area contributed by atoms with Crippen LogP contribution >= 0.6 is 0 Å². The third-order valence-corrected chi connectivity index (χ3v) is 11.7. The van der Waals surface area contributed by atoms with Gasteiger partial charge in [-0.05, 0) is 68.7 Å². The molecule has 20 nitrogen and oxygen atoms in total. The monoisotopic (exact) mass is 932 g/mol. The van der Waals surface area contributed by atoms with E-state index in [9.17, 15) is 53.4 Å². The number of amides is 8. The Bertz CT molecular complexity index is 2180. The molecule has 2 fully saturated rings. The number of esters is 1. The Balaban J connectivity index is 1.84. The maximum Gasteiger partial charge on any atom is 0.329 e. The third kappa shape index (κ3) is 13.8. The van der Waals surface area contributed by atoms with E-state index in [1.807, 2.05) is 0 Å². The highest BCUT2D eigenvalue weighted by atomic mass is 16.5. The number of nitrogens with one attached hydrogen (secondary N) is 6. The summed E-state index contributed by atoms with van der Waals surface area (Å²) in [6, 6.07) is 5.01. The molecule has 67 heavy (non-hydrogen) atoms. The van der Waals surface area contributed by atoms with E-state index in [2.05, 4.69) is 31.9 Å². The van der Waals surface area contributed by atoms with Crippen LogP contribution < -0.4 is 31.9 Å². The van der Waals surface area contributed by atoms with E-state index < -0.39 is 120 Å². The van der Waals surface area contributed by atoms with Crippen molar-refractivity contribution in [3.05, 3.63) is 77.5 Å². The molecule has 2 aliphatic rings. The molecule has 0 aliphatic carbocycles. The van der Waals surface area contributed by atoms with Crippen molar-refractivity contribution >= 4 is 53.2 Å². The van der Waals surface area contributed by atoms with Gasteiger partial charge in [-0.25, -0.2) is 4.79 Å². The fourth-order valence-electron chi connectivity index (χ4n) is 7.79. The molecule has 8 N–H and O–H groups in total. The van der Waals surface area contributed by atoms with Crippen molar-refractivity contribution in [2.75, 3.05) is 7.05 Å². The van der Waals surface area contributed by atoms with Gasteiger partial charge in [0.15, 0.2) is 0 Å². The number of rotatable bonds is 11. The van der Waals surface area contributed by atoms with Gasteiger partial charge in [0.2, 0.25) is 35.4 Å². The largest absolute Gasteiger partial charge is 0.508 e. The van der Waals surface area contributed by atoms with Crippen molar-refractivity contribution < 1.29 is 58.1 Å². The van der Waals surface area contributed by atoms with Gasteiger partial charge in [-0.3, -0.25) is 38.4 Å². The predicted molar refractivity (Wildman–Crippen MR) is 243 cm³/mol. The number of aromatic hydroxyl groups is 1. The number of nitrogens with zero attached hydrogens (tertiary/aromatic N) is 2. The van der Waals surface area contributed by atoms with Gasteiger partial charge in [-0.1, -0.05) is 76.2 Å². The Morgan fingerprint density at radius 1 is 0.821 bits per heavy atom. The standard InChI is InChI=1S/C47H64N8O12/c1-10-32-41(60)50-33-20-21-36(58)55(45(33)64)35(23-29-14-12-11-13-15-29)46(65)54(9)34(22-30-16-18-31(57)19-17-30)42(61)52-38(25(4)5)47(66)67-27(7)39(44(63)49-32)53-43(62)37(24(2)3)51-40(59)26(6)48-28(8)56/h10-19,24-27,33-39,57-58H,20-23H2,1-9H3,(H,48,56)(H,49,63)(H,50,60)(H,51,59)(H,52,61)(H,53,62)/b32-10-/t26-,27+,33-,34-,35?,36+,37-,38?,39-/m0/s1. The summed E-state index contributed by atoms with van der Waals surface area (Å²) < 4.78 is 5.83. The molecule has 8 amide bonds. The number of cyclic esters (lactones) is 1. The number of benzene rings is 2. The number of hydrogen-bond donors (Lipinski definition) is 8. The summed E-state index contributed by atoms with van der Waals surface area (Å²) in [6.45, 7) is 11.8. The lowest BCUT2D eigenvalue weighted by Crippen LogP contribution is -2.64. The first-order chi connectivity index (χ1) is 31.5. The summed E-state index contributed by atoms with van der Waals surface area (Å²) in [5, 5.41) is 36.8. The molecule has 4 rings (SSSR count). The Kier molecular flexibility index (Phi) is 18.6. The van der Waals surface area contributed by atoms with Crippen molar-refractivity contribution in [2.45, 2.75) is 136 Å². The summed E-state index contributed by atoms with van der Waals surface area (Å²) in [7, 11) is 1.36. The lowest BCUT2D eigenvalue weighted by molar-refractivity contribution is -0.165. The number of hydrogen-bond acceptors (Lipinski definition) is 12. The van der Waals surface area contributed by atoms with E-state index in [1.54, 1.807) is 70.2 Å². The molecular weight excluding hydrogens is 869 g/mol. The Hall–Kier alpha value is -6.83. The molecule has 20 heteroatoms. The number of aliphatic hydroxyl groups excluding tert-OH is 1. The number of carbonyl (C=O) groups excluding carboxylic acids is 9. The number of piperidine rings is 1. The van der Waals surface area contributed by atoms with Crippen LogP contribution in [0.4, 0.5) is 0 Å². The number of phenolic OH excluding ortho intramolecular Hbond substituents is 1. The van der Waals surface area contributed by atoms with Crippen molar-refractivity contribution in [2.24, 2.45) is 11.8 Å². The highest BCUT2D eigenvalue weighted by molar-refractivity contribution is 6.03. The molecule has 0 saturated carbocycles. The number of allylic oxidation sites excluding steroid dienone is 1. The van der Waals surface area contributed by atoms with Crippen LogP contribution in [0.5, 0.6) is 5.75 Å². The summed E-state index contributed by atoms with van der Waals surface area (Å²) in [4.78, 5) is 127. The molecule has 9 atom stereocenters. The second kappa shape index (κ2) is 23.6. The quantitative estimate of drug-likeness (QED) is 0.110. The van der Waals surface area contributed by atoms with Crippen molar-refractivity contribution in [1.29, 1.82) is 0 Å². The summed E-state index contributed by atoms with van der Waals surface area (Å²) in [5.41, 5.74) is 0.747. The molecule has 2 heterocycles.